The molecule has 0 saturated carbocycles. The van der Waals surface area contributed by atoms with Crippen LogP contribution in [-0.4, -0.2) is 22.5 Å². The summed E-state index contributed by atoms with van der Waals surface area (Å²) in [6.07, 6.45) is 3.28. The average Bonchev–Trinajstić information content (AvgIpc) is 2.47. The Morgan fingerprint density at radius 3 is 2.29 bits per heavy atom. The summed E-state index contributed by atoms with van der Waals surface area (Å²) < 4.78 is 0. The lowest BCUT2D eigenvalue weighted by molar-refractivity contribution is -0.139. The molecule has 0 heterocycles. The van der Waals surface area contributed by atoms with Crippen molar-refractivity contribution >= 4 is 11.9 Å². The Labute approximate surface area is 126 Å². The van der Waals surface area contributed by atoms with E-state index >= 15 is 0 Å². The molecule has 0 spiro atoms. The molecular weight excluding hydrogens is 266 g/mol. The molecule has 0 atom stereocenters. The van der Waals surface area contributed by atoms with E-state index in [0.29, 0.717) is 19.3 Å². The van der Waals surface area contributed by atoms with Crippen LogP contribution in [0.5, 0.6) is 0 Å². The molecule has 0 radical (unpaired) electrons. The summed E-state index contributed by atoms with van der Waals surface area (Å²) in [5.74, 6) is -0.931. The maximum absolute atomic E-state index is 12.0. The molecule has 0 aromatic heterocycles. The number of carbonyl (C=O) groups is 2. The van der Waals surface area contributed by atoms with Crippen LogP contribution in [0.3, 0.4) is 0 Å². The second-order valence-electron chi connectivity index (χ2n) is 5.45. The van der Waals surface area contributed by atoms with E-state index in [4.69, 9.17) is 5.11 Å². The van der Waals surface area contributed by atoms with Crippen molar-refractivity contribution < 1.29 is 14.7 Å². The van der Waals surface area contributed by atoms with Gasteiger partial charge in [0.05, 0.1) is 6.42 Å². The highest BCUT2D eigenvalue weighted by atomic mass is 16.4. The first-order valence-electron chi connectivity index (χ1n) is 7.58. The zero-order chi connectivity index (χ0) is 15.7. The average molecular weight is 291 g/mol. The molecule has 1 aromatic carbocycles. The second-order valence-corrected chi connectivity index (χ2v) is 5.45. The zero-order valence-electron chi connectivity index (χ0n) is 12.9. The van der Waals surface area contributed by atoms with E-state index in [0.717, 1.165) is 12.8 Å². The van der Waals surface area contributed by atoms with Crippen molar-refractivity contribution in [3.63, 3.8) is 0 Å². The number of aliphatic carboxylic acids is 1. The Morgan fingerprint density at radius 2 is 1.76 bits per heavy atom. The van der Waals surface area contributed by atoms with Gasteiger partial charge in [0.2, 0.25) is 5.91 Å². The third kappa shape index (κ3) is 5.98. The van der Waals surface area contributed by atoms with E-state index in [-0.39, 0.29) is 12.3 Å². The molecule has 0 aliphatic rings. The summed E-state index contributed by atoms with van der Waals surface area (Å²) in [7, 11) is 0. The molecule has 21 heavy (non-hydrogen) atoms. The lowest BCUT2D eigenvalue weighted by Crippen LogP contribution is -2.49. The van der Waals surface area contributed by atoms with Crippen molar-refractivity contribution in [2.75, 3.05) is 0 Å². The summed E-state index contributed by atoms with van der Waals surface area (Å²) in [5.41, 5.74) is 0.600. The summed E-state index contributed by atoms with van der Waals surface area (Å²) in [5, 5.41) is 11.9. The summed E-state index contributed by atoms with van der Waals surface area (Å²) >= 11 is 0. The van der Waals surface area contributed by atoms with Crippen molar-refractivity contribution in [2.45, 2.75) is 57.9 Å². The third-order valence-electron chi connectivity index (χ3n) is 3.96. The van der Waals surface area contributed by atoms with Crippen LogP contribution in [0.2, 0.25) is 0 Å². The quantitative estimate of drug-likeness (QED) is 0.734. The highest BCUT2D eigenvalue weighted by Gasteiger charge is 2.30. The molecule has 1 aromatic rings. The number of rotatable bonds is 9. The van der Waals surface area contributed by atoms with Crippen LogP contribution >= 0.6 is 0 Å². The summed E-state index contributed by atoms with van der Waals surface area (Å²) in [4.78, 5) is 23.0. The maximum Gasteiger partial charge on any atom is 0.305 e. The molecule has 4 nitrogen and oxygen atoms in total. The van der Waals surface area contributed by atoms with Crippen molar-refractivity contribution in [1.29, 1.82) is 0 Å². The first kappa shape index (κ1) is 17.2. The fourth-order valence-electron chi connectivity index (χ4n) is 2.47. The van der Waals surface area contributed by atoms with Gasteiger partial charge in [0.15, 0.2) is 0 Å². The molecule has 0 saturated heterocycles. The minimum atomic E-state index is -0.872. The van der Waals surface area contributed by atoms with Crippen LogP contribution in [0.1, 0.15) is 51.5 Å². The fraction of sp³-hybridized carbons (Fsp3) is 0.529. The highest BCUT2D eigenvalue weighted by Crippen LogP contribution is 2.20. The Morgan fingerprint density at radius 1 is 1.14 bits per heavy atom. The molecule has 116 valence electrons. The minimum Gasteiger partial charge on any atom is -0.481 e. The van der Waals surface area contributed by atoms with Gasteiger partial charge >= 0.3 is 5.97 Å². The van der Waals surface area contributed by atoms with Crippen LogP contribution < -0.4 is 5.32 Å². The number of carboxylic acid groups (broad SMARTS) is 1. The van der Waals surface area contributed by atoms with Gasteiger partial charge in [-0.1, -0.05) is 44.2 Å². The Balaban J connectivity index is 2.45. The lowest BCUT2D eigenvalue weighted by atomic mass is 9.88. The van der Waals surface area contributed by atoms with Gasteiger partial charge in [-0.15, -0.1) is 0 Å². The third-order valence-corrected chi connectivity index (χ3v) is 3.96. The number of hydrogen-bond acceptors (Lipinski definition) is 2. The number of amides is 1. The Kier molecular flexibility index (Phi) is 6.92. The number of benzene rings is 1. The van der Waals surface area contributed by atoms with Crippen LogP contribution in [0.15, 0.2) is 30.3 Å². The SMILES string of the molecule is CCC(CC)(CC(=O)O)NC(=O)CCCc1ccccc1. The number of aryl methyl sites for hydroxylation is 1. The first-order chi connectivity index (χ1) is 10.0. The molecule has 0 unspecified atom stereocenters. The van der Waals surface area contributed by atoms with Crippen LogP contribution in [-0.2, 0) is 16.0 Å². The van der Waals surface area contributed by atoms with Gasteiger partial charge in [0, 0.05) is 12.0 Å². The van der Waals surface area contributed by atoms with Crippen molar-refractivity contribution in [1.82, 2.24) is 5.32 Å². The number of carboxylic acids is 1. The number of carbonyl (C=O) groups excluding carboxylic acids is 1. The maximum atomic E-state index is 12.0. The molecule has 0 aliphatic carbocycles. The molecule has 2 N–H and O–H groups in total. The van der Waals surface area contributed by atoms with E-state index in [9.17, 15) is 9.59 Å². The summed E-state index contributed by atoms with van der Waals surface area (Å²) in [6.45, 7) is 3.83. The van der Waals surface area contributed by atoms with Crippen molar-refractivity contribution in [3.05, 3.63) is 35.9 Å². The first-order valence-corrected chi connectivity index (χ1v) is 7.58. The monoisotopic (exact) mass is 291 g/mol. The topological polar surface area (TPSA) is 66.4 Å². The standard InChI is InChI=1S/C17H25NO3/c1-3-17(4-2,13-16(20)21)18-15(19)12-8-11-14-9-6-5-7-10-14/h5-7,9-10H,3-4,8,11-13H2,1-2H3,(H,18,19)(H,20,21). The molecular formula is C17H25NO3. The van der Waals surface area contributed by atoms with Gasteiger partial charge in [0.25, 0.3) is 0 Å². The van der Waals surface area contributed by atoms with Gasteiger partial charge in [-0.25, -0.2) is 0 Å². The second kappa shape index (κ2) is 8.45. The predicted molar refractivity (Wildman–Crippen MR) is 83.1 cm³/mol. The Hall–Kier alpha value is -1.84. The highest BCUT2D eigenvalue weighted by molar-refractivity contribution is 5.78. The van der Waals surface area contributed by atoms with Gasteiger partial charge in [0.1, 0.15) is 0 Å². The van der Waals surface area contributed by atoms with E-state index in [1.165, 1.54) is 5.56 Å². The van der Waals surface area contributed by atoms with Crippen LogP contribution in [0, 0.1) is 0 Å². The zero-order valence-corrected chi connectivity index (χ0v) is 12.9. The largest absolute Gasteiger partial charge is 0.481 e. The Bertz CT molecular complexity index is 452. The van der Waals surface area contributed by atoms with E-state index in [1.54, 1.807) is 0 Å². The van der Waals surface area contributed by atoms with Gasteiger partial charge in [-0.05, 0) is 31.2 Å². The van der Waals surface area contributed by atoms with Crippen LogP contribution in [0.25, 0.3) is 0 Å². The van der Waals surface area contributed by atoms with E-state index < -0.39 is 11.5 Å². The van der Waals surface area contributed by atoms with Crippen LogP contribution in [0.4, 0.5) is 0 Å². The molecule has 1 rings (SSSR count). The molecule has 1 amide bonds. The van der Waals surface area contributed by atoms with E-state index in [1.807, 2.05) is 44.2 Å². The van der Waals surface area contributed by atoms with Gasteiger partial charge in [-0.2, -0.15) is 0 Å². The smallest absolute Gasteiger partial charge is 0.305 e. The molecule has 0 aliphatic heterocycles. The van der Waals surface area contributed by atoms with Gasteiger partial charge < -0.3 is 10.4 Å². The van der Waals surface area contributed by atoms with Gasteiger partial charge in [-0.3, -0.25) is 9.59 Å². The molecule has 0 fully saturated rings. The van der Waals surface area contributed by atoms with E-state index in [2.05, 4.69) is 5.32 Å². The molecule has 4 heteroatoms. The minimum absolute atomic E-state index is 0.0234. The molecule has 0 bridgehead atoms. The van der Waals surface area contributed by atoms with Crippen molar-refractivity contribution in [2.24, 2.45) is 0 Å². The normalized spacial score (nSPS) is 11.1. The predicted octanol–water partition coefficient (Wildman–Crippen LogP) is 3.16. The number of nitrogens with one attached hydrogen (secondary N) is 1. The number of hydrogen-bond donors (Lipinski definition) is 2. The van der Waals surface area contributed by atoms with Crippen molar-refractivity contribution in [3.8, 4) is 0 Å². The fourth-order valence-corrected chi connectivity index (χ4v) is 2.47. The summed E-state index contributed by atoms with van der Waals surface area (Å²) in [6, 6.07) is 10.0. The lowest BCUT2D eigenvalue weighted by Gasteiger charge is -2.31.